The summed E-state index contributed by atoms with van der Waals surface area (Å²) in [6.45, 7) is 3.44. The predicted molar refractivity (Wildman–Crippen MR) is 87.5 cm³/mol. The third kappa shape index (κ3) is 3.22. The molecule has 0 fully saturated rings. The van der Waals surface area contributed by atoms with Crippen LogP contribution in [0.5, 0.6) is 0 Å². The van der Waals surface area contributed by atoms with E-state index in [1.165, 1.54) is 6.07 Å². The quantitative estimate of drug-likeness (QED) is 0.507. The van der Waals surface area contributed by atoms with Gasteiger partial charge >= 0.3 is 11.6 Å². The van der Waals surface area contributed by atoms with Gasteiger partial charge in [0.05, 0.1) is 0 Å². The molecule has 0 unspecified atom stereocenters. The minimum Gasteiger partial charge on any atom is -0.466 e. The molecule has 118 valence electrons. The molecular weight excluding hydrogens is 364 g/mol. The molecule has 2 aromatic heterocycles. The molecule has 0 spiro atoms. The Morgan fingerprint density at radius 2 is 1.96 bits per heavy atom. The Morgan fingerprint density at radius 1 is 1.17 bits per heavy atom. The van der Waals surface area contributed by atoms with E-state index in [4.69, 9.17) is 13.6 Å². The molecule has 5 nitrogen and oxygen atoms in total. The summed E-state index contributed by atoms with van der Waals surface area (Å²) in [5.74, 6) is 0.664. The molecule has 0 atom stereocenters. The van der Waals surface area contributed by atoms with Crippen molar-refractivity contribution in [3.63, 3.8) is 0 Å². The highest BCUT2D eigenvalue weighted by atomic mass is 79.9. The van der Waals surface area contributed by atoms with E-state index in [1.54, 1.807) is 32.0 Å². The standard InChI is InChI=1S/C17H13BrO5/c1-9-5-14(10(2)22-9)17(20)21-8-11-6-16(19)23-15-7-12(18)3-4-13(11)15/h3-7H,8H2,1-2H3. The number of esters is 1. The highest BCUT2D eigenvalue weighted by molar-refractivity contribution is 9.10. The van der Waals surface area contributed by atoms with Gasteiger partial charge in [-0.2, -0.15) is 0 Å². The maximum absolute atomic E-state index is 12.1. The maximum atomic E-state index is 12.1. The zero-order valence-corrected chi connectivity index (χ0v) is 14.1. The lowest BCUT2D eigenvalue weighted by atomic mass is 10.1. The summed E-state index contributed by atoms with van der Waals surface area (Å²) in [7, 11) is 0. The molecule has 23 heavy (non-hydrogen) atoms. The first-order valence-electron chi connectivity index (χ1n) is 6.90. The van der Waals surface area contributed by atoms with Gasteiger partial charge in [0, 0.05) is 21.5 Å². The van der Waals surface area contributed by atoms with Crippen molar-refractivity contribution in [2.45, 2.75) is 20.5 Å². The van der Waals surface area contributed by atoms with Gasteiger partial charge in [0.25, 0.3) is 0 Å². The molecule has 3 rings (SSSR count). The summed E-state index contributed by atoms with van der Waals surface area (Å²) in [6.07, 6.45) is 0. The Balaban J connectivity index is 1.88. The number of fused-ring (bicyclic) bond motifs is 1. The average Bonchev–Trinajstić information content (AvgIpc) is 2.82. The second kappa shape index (κ2) is 6.04. The average molecular weight is 377 g/mol. The number of benzene rings is 1. The molecule has 2 heterocycles. The third-order valence-electron chi connectivity index (χ3n) is 3.41. The predicted octanol–water partition coefficient (Wildman–Crippen LogP) is 4.12. The van der Waals surface area contributed by atoms with Crippen LogP contribution >= 0.6 is 15.9 Å². The molecule has 0 N–H and O–H groups in total. The normalized spacial score (nSPS) is 10.9. The van der Waals surface area contributed by atoms with Crippen molar-refractivity contribution in [3.05, 3.63) is 67.9 Å². The Labute approximate surface area is 140 Å². The van der Waals surface area contributed by atoms with Crippen LogP contribution in [0.15, 0.2) is 48.4 Å². The van der Waals surface area contributed by atoms with Crippen molar-refractivity contribution in [2.75, 3.05) is 0 Å². The molecule has 0 saturated carbocycles. The van der Waals surface area contributed by atoms with Crippen LogP contribution in [0, 0.1) is 13.8 Å². The zero-order valence-electron chi connectivity index (χ0n) is 12.5. The highest BCUT2D eigenvalue weighted by Gasteiger charge is 2.16. The fraction of sp³-hybridized carbons (Fsp3) is 0.176. The molecule has 0 radical (unpaired) electrons. The lowest BCUT2D eigenvalue weighted by molar-refractivity contribution is 0.0472. The number of ether oxygens (including phenoxy) is 1. The monoisotopic (exact) mass is 376 g/mol. The Kier molecular flexibility index (Phi) is 4.09. The molecular formula is C17H13BrO5. The minimum absolute atomic E-state index is 0.0216. The number of hydrogen-bond acceptors (Lipinski definition) is 5. The zero-order chi connectivity index (χ0) is 16.6. The van der Waals surface area contributed by atoms with E-state index in [1.807, 2.05) is 6.07 Å². The van der Waals surface area contributed by atoms with Gasteiger partial charge in [-0.1, -0.05) is 15.9 Å². The van der Waals surface area contributed by atoms with Gasteiger partial charge in [-0.05, 0) is 38.1 Å². The van der Waals surface area contributed by atoms with Gasteiger partial charge in [0.15, 0.2) is 0 Å². The third-order valence-corrected chi connectivity index (χ3v) is 3.91. The Bertz CT molecular complexity index is 951. The summed E-state index contributed by atoms with van der Waals surface area (Å²) >= 11 is 3.33. The minimum atomic E-state index is -0.489. The number of carbonyl (C=O) groups is 1. The molecule has 1 aromatic carbocycles. The summed E-state index contributed by atoms with van der Waals surface area (Å²) in [6, 6.07) is 8.30. The van der Waals surface area contributed by atoms with Crippen molar-refractivity contribution in [2.24, 2.45) is 0 Å². The van der Waals surface area contributed by atoms with E-state index < -0.39 is 11.6 Å². The first-order chi connectivity index (χ1) is 10.9. The molecule has 0 saturated heterocycles. The van der Waals surface area contributed by atoms with Crippen molar-refractivity contribution in [1.29, 1.82) is 0 Å². The van der Waals surface area contributed by atoms with Crippen LogP contribution in [0.2, 0.25) is 0 Å². The van der Waals surface area contributed by atoms with Gasteiger partial charge in [-0.25, -0.2) is 9.59 Å². The fourth-order valence-corrected chi connectivity index (χ4v) is 2.72. The van der Waals surface area contributed by atoms with E-state index in [9.17, 15) is 9.59 Å². The van der Waals surface area contributed by atoms with Crippen LogP contribution < -0.4 is 5.63 Å². The first-order valence-corrected chi connectivity index (χ1v) is 7.70. The smallest absolute Gasteiger partial charge is 0.342 e. The van der Waals surface area contributed by atoms with Gasteiger partial charge in [-0.15, -0.1) is 0 Å². The molecule has 0 aliphatic heterocycles. The summed E-state index contributed by atoms with van der Waals surface area (Å²) in [5.41, 5.74) is 0.928. The van der Waals surface area contributed by atoms with Crippen LogP contribution in [0.25, 0.3) is 11.0 Å². The van der Waals surface area contributed by atoms with E-state index in [0.29, 0.717) is 28.2 Å². The lowest BCUT2D eigenvalue weighted by Gasteiger charge is -2.07. The molecule has 0 aliphatic carbocycles. The van der Waals surface area contributed by atoms with Crippen molar-refractivity contribution in [1.82, 2.24) is 0 Å². The van der Waals surface area contributed by atoms with Gasteiger partial charge in [-0.3, -0.25) is 0 Å². The second-order valence-corrected chi connectivity index (χ2v) is 6.05. The van der Waals surface area contributed by atoms with Crippen LogP contribution in [0.1, 0.15) is 27.4 Å². The van der Waals surface area contributed by atoms with Crippen LogP contribution in [-0.2, 0) is 11.3 Å². The number of carbonyl (C=O) groups excluding carboxylic acids is 1. The molecule has 6 heteroatoms. The molecule has 0 aliphatic rings. The molecule has 3 aromatic rings. The van der Waals surface area contributed by atoms with Crippen LogP contribution in [0.4, 0.5) is 0 Å². The largest absolute Gasteiger partial charge is 0.466 e. The number of aryl methyl sites for hydroxylation is 2. The van der Waals surface area contributed by atoms with Gasteiger partial charge in [0.2, 0.25) is 0 Å². The second-order valence-electron chi connectivity index (χ2n) is 5.13. The summed E-state index contributed by atoms with van der Waals surface area (Å²) in [4.78, 5) is 23.8. The van der Waals surface area contributed by atoms with Crippen LogP contribution in [0.3, 0.4) is 0 Å². The van der Waals surface area contributed by atoms with Gasteiger partial charge < -0.3 is 13.6 Å². The Morgan fingerprint density at radius 3 is 2.65 bits per heavy atom. The van der Waals surface area contributed by atoms with E-state index >= 15 is 0 Å². The first kappa shape index (κ1) is 15.6. The number of hydrogen-bond donors (Lipinski definition) is 0. The maximum Gasteiger partial charge on any atom is 0.342 e. The molecule has 0 bridgehead atoms. The number of halogens is 1. The Hall–Kier alpha value is -2.34. The van der Waals surface area contributed by atoms with Crippen molar-refractivity contribution >= 4 is 32.9 Å². The van der Waals surface area contributed by atoms with E-state index in [-0.39, 0.29) is 6.61 Å². The van der Waals surface area contributed by atoms with Gasteiger partial charge in [0.1, 0.15) is 29.3 Å². The number of rotatable bonds is 3. The fourth-order valence-electron chi connectivity index (χ4n) is 2.38. The topological polar surface area (TPSA) is 69.7 Å². The highest BCUT2D eigenvalue weighted by Crippen LogP contribution is 2.23. The summed E-state index contributed by atoms with van der Waals surface area (Å²) < 4.78 is 16.6. The van der Waals surface area contributed by atoms with Crippen LogP contribution in [-0.4, -0.2) is 5.97 Å². The van der Waals surface area contributed by atoms with E-state index in [2.05, 4.69) is 15.9 Å². The van der Waals surface area contributed by atoms with E-state index in [0.717, 1.165) is 9.86 Å². The lowest BCUT2D eigenvalue weighted by Crippen LogP contribution is -2.08. The SMILES string of the molecule is Cc1cc(C(=O)OCc2cc(=O)oc3cc(Br)ccc23)c(C)o1. The molecule has 0 amide bonds. The van der Waals surface area contributed by atoms with Crippen molar-refractivity contribution in [3.8, 4) is 0 Å². The summed E-state index contributed by atoms with van der Waals surface area (Å²) in [5, 5.41) is 0.723. The number of furan rings is 1. The van der Waals surface area contributed by atoms with Crippen molar-refractivity contribution < 1.29 is 18.4 Å².